The number of amides is 1. The molecule has 1 aromatic carbocycles. The Morgan fingerprint density at radius 1 is 1.48 bits per heavy atom. The molecule has 1 aliphatic rings. The molecule has 1 aromatic heterocycles. The predicted octanol–water partition coefficient (Wildman–Crippen LogP) is 0.746. The first-order valence-electron chi connectivity index (χ1n) is 7.33. The van der Waals surface area contributed by atoms with E-state index in [1.807, 2.05) is 6.07 Å². The number of hydrogen-bond acceptors (Lipinski definition) is 6. The summed E-state index contributed by atoms with van der Waals surface area (Å²) in [6, 6.07) is 5.12. The molecule has 1 aliphatic heterocycles. The lowest BCUT2D eigenvalue weighted by Gasteiger charge is -2.23. The zero-order chi connectivity index (χ0) is 18.2. The van der Waals surface area contributed by atoms with Gasteiger partial charge in [-0.05, 0) is 18.2 Å². The molecule has 0 radical (unpaired) electrons. The first kappa shape index (κ1) is 17.6. The van der Waals surface area contributed by atoms with Gasteiger partial charge in [0.2, 0.25) is 0 Å². The lowest BCUT2D eigenvalue weighted by atomic mass is 10.0. The average Bonchev–Trinajstić information content (AvgIpc) is 2.95. The van der Waals surface area contributed by atoms with E-state index in [2.05, 4.69) is 31.1 Å². The van der Waals surface area contributed by atoms with Crippen molar-refractivity contribution in [2.75, 3.05) is 6.54 Å². The third-order valence-electron chi connectivity index (χ3n) is 3.92. The number of nitriles is 1. The summed E-state index contributed by atoms with van der Waals surface area (Å²) in [5.74, 6) is -0.688. The summed E-state index contributed by atoms with van der Waals surface area (Å²) in [7, 11) is -2.33. The molecule has 1 amide bonds. The Labute approximate surface area is 153 Å². The van der Waals surface area contributed by atoms with Crippen molar-refractivity contribution in [1.29, 1.82) is 5.26 Å². The van der Waals surface area contributed by atoms with Gasteiger partial charge < -0.3 is 5.32 Å². The molecule has 0 saturated heterocycles. The number of carbonyl (C=O) groups is 1. The molecule has 2 heterocycles. The lowest BCUT2D eigenvalue weighted by Crippen LogP contribution is -2.43. The maximum absolute atomic E-state index is 12.5. The Kier molecular flexibility index (Phi) is 4.64. The fourth-order valence-electron chi connectivity index (χ4n) is 2.74. The van der Waals surface area contributed by atoms with Crippen LogP contribution >= 0.6 is 15.9 Å². The van der Waals surface area contributed by atoms with Crippen LogP contribution in [0.5, 0.6) is 0 Å². The van der Waals surface area contributed by atoms with Gasteiger partial charge in [-0.25, -0.2) is 13.1 Å². The molecule has 0 spiro atoms. The summed E-state index contributed by atoms with van der Waals surface area (Å²) in [6.07, 6.45) is 2.27. The van der Waals surface area contributed by atoms with E-state index in [1.54, 1.807) is 17.9 Å². The molecule has 0 aliphatic carbocycles. The van der Waals surface area contributed by atoms with Crippen molar-refractivity contribution >= 4 is 31.9 Å². The van der Waals surface area contributed by atoms with Crippen LogP contribution in [0.15, 0.2) is 33.8 Å². The van der Waals surface area contributed by atoms with E-state index >= 15 is 0 Å². The highest BCUT2D eigenvalue weighted by Gasteiger charge is 2.31. The molecular weight excluding hydrogens is 410 g/mol. The predicted molar refractivity (Wildman–Crippen MR) is 91.8 cm³/mol. The van der Waals surface area contributed by atoms with Crippen molar-refractivity contribution < 1.29 is 13.2 Å². The van der Waals surface area contributed by atoms with Crippen LogP contribution < -0.4 is 10.0 Å². The first-order chi connectivity index (χ1) is 11.8. The molecular formula is C15H14BrN5O3S. The van der Waals surface area contributed by atoms with Crippen LogP contribution in [-0.4, -0.2) is 30.7 Å². The van der Waals surface area contributed by atoms with Crippen LogP contribution in [0.2, 0.25) is 0 Å². The van der Waals surface area contributed by atoms with Crippen molar-refractivity contribution in [3.8, 4) is 6.07 Å². The van der Waals surface area contributed by atoms with Crippen LogP contribution in [0, 0.1) is 11.3 Å². The first-order valence-corrected chi connectivity index (χ1v) is 9.61. The second-order valence-corrected chi connectivity index (χ2v) is 8.16. The summed E-state index contributed by atoms with van der Waals surface area (Å²) < 4.78 is 29.2. The number of halogens is 1. The largest absolute Gasteiger partial charge is 0.302 e. The van der Waals surface area contributed by atoms with Crippen LogP contribution in [0.3, 0.4) is 0 Å². The fourth-order valence-corrected chi connectivity index (χ4v) is 4.45. The summed E-state index contributed by atoms with van der Waals surface area (Å²) in [4.78, 5) is 12.4. The normalized spacial score (nSPS) is 16.8. The van der Waals surface area contributed by atoms with E-state index in [0.29, 0.717) is 23.0 Å². The number of aromatic nitrogens is 2. The molecule has 3 rings (SSSR count). The zero-order valence-electron chi connectivity index (χ0n) is 13.2. The standard InChI is InChI=1S/C15H14BrN5O3S/c1-21-13-2-3-18-14(12(13)8-19-21)15(22)20-25(23,24)11-5-9(7-17)4-10(16)6-11/h4-6,8,14,18H,2-3H2,1H3,(H,20,22). The van der Waals surface area contributed by atoms with Crippen LogP contribution in [0.25, 0.3) is 0 Å². The summed E-state index contributed by atoms with van der Waals surface area (Å²) in [5, 5.41) is 16.1. The molecule has 25 heavy (non-hydrogen) atoms. The minimum atomic E-state index is -4.11. The second kappa shape index (κ2) is 6.59. The van der Waals surface area contributed by atoms with Crippen molar-refractivity contribution in [3.05, 3.63) is 45.7 Å². The van der Waals surface area contributed by atoms with Gasteiger partial charge in [0.1, 0.15) is 6.04 Å². The Hall–Kier alpha value is -2.22. The number of hydrogen-bond donors (Lipinski definition) is 2. The molecule has 1 unspecified atom stereocenters. The SMILES string of the molecule is Cn1ncc2c1CCNC2C(=O)NS(=O)(=O)c1cc(Br)cc(C#N)c1. The van der Waals surface area contributed by atoms with Gasteiger partial charge in [-0.2, -0.15) is 10.4 Å². The summed E-state index contributed by atoms with van der Waals surface area (Å²) >= 11 is 3.16. The van der Waals surface area contributed by atoms with Crippen molar-refractivity contribution in [3.63, 3.8) is 0 Å². The number of nitrogens with zero attached hydrogens (tertiary/aromatic N) is 3. The highest BCUT2D eigenvalue weighted by Crippen LogP contribution is 2.24. The van der Waals surface area contributed by atoms with Gasteiger partial charge >= 0.3 is 0 Å². The van der Waals surface area contributed by atoms with E-state index in [9.17, 15) is 13.2 Å². The maximum Gasteiger partial charge on any atom is 0.264 e. The Balaban J connectivity index is 1.88. The van der Waals surface area contributed by atoms with Crippen LogP contribution in [0.1, 0.15) is 22.9 Å². The van der Waals surface area contributed by atoms with Gasteiger partial charge in [0.25, 0.3) is 15.9 Å². The second-order valence-electron chi connectivity index (χ2n) is 5.56. The number of benzene rings is 1. The van der Waals surface area contributed by atoms with Gasteiger partial charge in [-0.15, -0.1) is 0 Å². The Morgan fingerprint density at radius 3 is 2.96 bits per heavy atom. The third kappa shape index (κ3) is 3.44. The van der Waals surface area contributed by atoms with E-state index in [1.165, 1.54) is 18.2 Å². The zero-order valence-corrected chi connectivity index (χ0v) is 15.6. The molecule has 2 aromatic rings. The smallest absolute Gasteiger partial charge is 0.264 e. The summed E-state index contributed by atoms with van der Waals surface area (Å²) in [6.45, 7) is 0.542. The highest BCUT2D eigenvalue weighted by atomic mass is 79.9. The highest BCUT2D eigenvalue weighted by molar-refractivity contribution is 9.10. The van der Waals surface area contributed by atoms with Gasteiger partial charge in [-0.3, -0.25) is 9.48 Å². The molecule has 10 heteroatoms. The van der Waals surface area contributed by atoms with Crippen molar-refractivity contribution in [2.45, 2.75) is 17.4 Å². The maximum atomic E-state index is 12.5. The number of aryl methyl sites for hydroxylation is 1. The number of sulfonamides is 1. The van der Waals surface area contributed by atoms with E-state index in [4.69, 9.17) is 5.26 Å². The fraction of sp³-hybridized carbons (Fsp3) is 0.267. The molecule has 8 nitrogen and oxygen atoms in total. The Bertz CT molecular complexity index is 993. The number of carbonyl (C=O) groups excluding carboxylic acids is 1. The van der Waals surface area contributed by atoms with E-state index < -0.39 is 22.0 Å². The number of nitrogens with one attached hydrogen (secondary N) is 2. The lowest BCUT2D eigenvalue weighted by molar-refractivity contribution is -0.121. The van der Waals surface area contributed by atoms with Crippen molar-refractivity contribution in [1.82, 2.24) is 19.8 Å². The number of fused-ring (bicyclic) bond motifs is 1. The van der Waals surface area contributed by atoms with Gasteiger partial charge in [0, 0.05) is 35.7 Å². The van der Waals surface area contributed by atoms with E-state index in [0.717, 1.165) is 5.69 Å². The molecule has 2 N–H and O–H groups in total. The average molecular weight is 424 g/mol. The molecule has 0 bridgehead atoms. The van der Waals surface area contributed by atoms with Crippen LogP contribution in [-0.2, 0) is 28.3 Å². The monoisotopic (exact) mass is 423 g/mol. The molecule has 0 fully saturated rings. The summed E-state index contributed by atoms with van der Waals surface area (Å²) in [5.41, 5.74) is 1.73. The van der Waals surface area contributed by atoms with Gasteiger partial charge in [0.15, 0.2) is 0 Å². The minimum Gasteiger partial charge on any atom is -0.302 e. The quantitative estimate of drug-likeness (QED) is 0.751. The van der Waals surface area contributed by atoms with Crippen molar-refractivity contribution in [2.24, 2.45) is 7.05 Å². The van der Waals surface area contributed by atoms with E-state index in [-0.39, 0.29) is 10.5 Å². The molecule has 1 atom stereocenters. The Morgan fingerprint density at radius 2 is 2.24 bits per heavy atom. The molecule has 0 saturated carbocycles. The topological polar surface area (TPSA) is 117 Å². The third-order valence-corrected chi connectivity index (χ3v) is 5.71. The van der Waals surface area contributed by atoms with Crippen LogP contribution in [0.4, 0.5) is 0 Å². The minimum absolute atomic E-state index is 0.158. The number of rotatable bonds is 3. The molecule has 130 valence electrons. The van der Waals surface area contributed by atoms with Gasteiger partial charge in [-0.1, -0.05) is 15.9 Å². The van der Waals surface area contributed by atoms with Gasteiger partial charge in [0.05, 0.1) is 22.7 Å².